The van der Waals surface area contributed by atoms with E-state index >= 15 is 0 Å². The Morgan fingerprint density at radius 3 is 2.00 bits per heavy atom. The minimum Gasteiger partial charge on any atom is -0.306 e. The average molecular weight is 241 g/mol. The molecule has 0 aliphatic carbocycles. The van der Waals surface area contributed by atoms with Crippen LogP contribution in [0.4, 0.5) is 0 Å². The standard InChI is InChI=1S/C15H31NO/c1-5-7-8-9-10-11-12-13-14(17)15(3,4)16-6-2/h16H,5-13H2,1-4H3. The van der Waals surface area contributed by atoms with Crippen molar-refractivity contribution >= 4 is 5.78 Å². The van der Waals surface area contributed by atoms with Crippen LogP contribution in [-0.4, -0.2) is 17.9 Å². The number of hydrogen-bond donors (Lipinski definition) is 1. The molecule has 0 atom stereocenters. The van der Waals surface area contributed by atoms with Crippen LogP contribution >= 0.6 is 0 Å². The molecule has 0 radical (unpaired) electrons. The Morgan fingerprint density at radius 1 is 0.941 bits per heavy atom. The van der Waals surface area contributed by atoms with E-state index in [4.69, 9.17) is 0 Å². The Hall–Kier alpha value is -0.370. The molecule has 0 aromatic heterocycles. The molecule has 0 aromatic rings. The predicted molar refractivity (Wildman–Crippen MR) is 75.4 cm³/mol. The molecule has 0 aliphatic heterocycles. The molecular formula is C15H31NO. The van der Waals surface area contributed by atoms with Crippen molar-refractivity contribution < 1.29 is 4.79 Å². The van der Waals surface area contributed by atoms with Gasteiger partial charge in [-0.1, -0.05) is 52.4 Å². The van der Waals surface area contributed by atoms with Gasteiger partial charge in [0.15, 0.2) is 5.78 Å². The first-order valence-electron chi connectivity index (χ1n) is 7.33. The van der Waals surface area contributed by atoms with E-state index in [9.17, 15) is 4.79 Å². The third-order valence-corrected chi connectivity index (χ3v) is 3.32. The van der Waals surface area contributed by atoms with Crippen LogP contribution < -0.4 is 5.32 Å². The molecule has 0 rings (SSSR count). The molecule has 0 fully saturated rings. The van der Waals surface area contributed by atoms with E-state index in [1.54, 1.807) is 0 Å². The van der Waals surface area contributed by atoms with Crippen LogP contribution in [0.1, 0.15) is 79.1 Å². The molecule has 0 aliphatic rings. The lowest BCUT2D eigenvalue weighted by Gasteiger charge is -2.23. The van der Waals surface area contributed by atoms with Crippen LogP contribution in [0.25, 0.3) is 0 Å². The van der Waals surface area contributed by atoms with Crippen molar-refractivity contribution in [3.63, 3.8) is 0 Å². The highest BCUT2D eigenvalue weighted by atomic mass is 16.1. The number of carbonyl (C=O) groups excluding carboxylic acids is 1. The van der Waals surface area contributed by atoms with E-state index in [0.717, 1.165) is 19.4 Å². The van der Waals surface area contributed by atoms with Crippen LogP contribution in [-0.2, 0) is 4.79 Å². The summed E-state index contributed by atoms with van der Waals surface area (Å²) in [6, 6.07) is 0. The molecule has 0 saturated heterocycles. The minimum atomic E-state index is -0.336. The highest BCUT2D eigenvalue weighted by Crippen LogP contribution is 2.12. The molecule has 2 heteroatoms. The van der Waals surface area contributed by atoms with E-state index < -0.39 is 0 Å². The minimum absolute atomic E-state index is 0.336. The van der Waals surface area contributed by atoms with Gasteiger partial charge < -0.3 is 5.32 Å². The monoisotopic (exact) mass is 241 g/mol. The van der Waals surface area contributed by atoms with Crippen LogP contribution in [0.5, 0.6) is 0 Å². The van der Waals surface area contributed by atoms with Gasteiger partial charge in [0.05, 0.1) is 5.54 Å². The third-order valence-electron chi connectivity index (χ3n) is 3.32. The van der Waals surface area contributed by atoms with Crippen LogP contribution in [0.15, 0.2) is 0 Å². The summed E-state index contributed by atoms with van der Waals surface area (Å²) in [5.74, 6) is 0.355. The number of unbranched alkanes of at least 4 members (excludes halogenated alkanes) is 6. The molecule has 102 valence electrons. The first-order chi connectivity index (χ1) is 8.04. The molecular weight excluding hydrogens is 210 g/mol. The summed E-state index contributed by atoms with van der Waals surface area (Å²) < 4.78 is 0. The number of likely N-dealkylation sites (N-methyl/N-ethyl adjacent to an activating group) is 1. The fraction of sp³-hybridized carbons (Fsp3) is 0.933. The summed E-state index contributed by atoms with van der Waals surface area (Å²) in [4.78, 5) is 11.9. The first kappa shape index (κ1) is 16.6. The van der Waals surface area contributed by atoms with Gasteiger partial charge in [-0.05, 0) is 26.8 Å². The second-order valence-corrected chi connectivity index (χ2v) is 5.45. The molecule has 0 aromatic carbocycles. The van der Waals surface area contributed by atoms with Crippen LogP contribution in [0.2, 0.25) is 0 Å². The van der Waals surface area contributed by atoms with Gasteiger partial charge in [0, 0.05) is 6.42 Å². The van der Waals surface area contributed by atoms with Gasteiger partial charge in [0.25, 0.3) is 0 Å². The molecule has 2 nitrogen and oxygen atoms in total. The first-order valence-corrected chi connectivity index (χ1v) is 7.33. The Kier molecular flexibility index (Phi) is 9.43. The Morgan fingerprint density at radius 2 is 1.47 bits per heavy atom. The molecule has 0 spiro atoms. The zero-order chi connectivity index (χ0) is 13.1. The molecule has 0 saturated carbocycles. The van der Waals surface area contributed by atoms with Crippen molar-refractivity contribution in [2.24, 2.45) is 0 Å². The highest BCUT2D eigenvalue weighted by molar-refractivity contribution is 5.87. The van der Waals surface area contributed by atoms with Crippen molar-refractivity contribution in [3.8, 4) is 0 Å². The third kappa shape index (κ3) is 8.37. The SMILES string of the molecule is CCCCCCCCCC(=O)C(C)(C)NCC. The number of Topliss-reactive ketones (excluding diaryl/α,β-unsaturated/α-hetero) is 1. The molecule has 0 bridgehead atoms. The van der Waals surface area contributed by atoms with Gasteiger partial charge in [-0.25, -0.2) is 0 Å². The highest BCUT2D eigenvalue weighted by Gasteiger charge is 2.24. The molecule has 17 heavy (non-hydrogen) atoms. The van der Waals surface area contributed by atoms with Crippen LogP contribution in [0, 0.1) is 0 Å². The summed E-state index contributed by atoms with van der Waals surface area (Å²) in [5.41, 5.74) is -0.336. The van der Waals surface area contributed by atoms with E-state index in [1.807, 2.05) is 20.8 Å². The van der Waals surface area contributed by atoms with Gasteiger partial charge in [0.1, 0.15) is 0 Å². The second-order valence-electron chi connectivity index (χ2n) is 5.45. The average Bonchev–Trinajstić information content (AvgIpc) is 2.27. The predicted octanol–water partition coefficient (Wildman–Crippen LogP) is 4.08. The summed E-state index contributed by atoms with van der Waals surface area (Å²) in [6.45, 7) is 9.11. The normalized spacial score (nSPS) is 11.8. The van der Waals surface area contributed by atoms with E-state index in [1.165, 1.54) is 38.5 Å². The molecule has 0 unspecified atom stereocenters. The lowest BCUT2D eigenvalue weighted by molar-refractivity contribution is -0.124. The summed E-state index contributed by atoms with van der Waals surface area (Å²) >= 11 is 0. The zero-order valence-corrected chi connectivity index (χ0v) is 12.3. The van der Waals surface area contributed by atoms with Gasteiger partial charge in [0.2, 0.25) is 0 Å². The number of nitrogens with one attached hydrogen (secondary N) is 1. The van der Waals surface area contributed by atoms with Crippen molar-refractivity contribution in [1.29, 1.82) is 0 Å². The lowest BCUT2D eigenvalue weighted by atomic mass is 9.94. The number of hydrogen-bond acceptors (Lipinski definition) is 2. The molecule has 0 amide bonds. The number of rotatable bonds is 11. The van der Waals surface area contributed by atoms with Crippen molar-refractivity contribution in [1.82, 2.24) is 5.32 Å². The van der Waals surface area contributed by atoms with Gasteiger partial charge in [-0.2, -0.15) is 0 Å². The van der Waals surface area contributed by atoms with Crippen molar-refractivity contribution in [3.05, 3.63) is 0 Å². The van der Waals surface area contributed by atoms with Crippen molar-refractivity contribution in [2.75, 3.05) is 6.54 Å². The van der Waals surface area contributed by atoms with Crippen molar-refractivity contribution in [2.45, 2.75) is 84.6 Å². The van der Waals surface area contributed by atoms with Gasteiger partial charge >= 0.3 is 0 Å². The van der Waals surface area contributed by atoms with E-state index in [0.29, 0.717) is 5.78 Å². The van der Waals surface area contributed by atoms with Crippen LogP contribution in [0.3, 0.4) is 0 Å². The maximum absolute atomic E-state index is 11.9. The second kappa shape index (κ2) is 9.64. The number of carbonyl (C=O) groups is 1. The fourth-order valence-corrected chi connectivity index (χ4v) is 2.10. The molecule has 1 N–H and O–H groups in total. The smallest absolute Gasteiger partial charge is 0.152 e. The van der Waals surface area contributed by atoms with Gasteiger partial charge in [-0.3, -0.25) is 4.79 Å². The summed E-state index contributed by atoms with van der Waals surface area (Å²) in [6.07, 6.45) is 9.62. The maximum Gasteiger partial charge on any atom is 0.152 e. The topological polar surface area (TPSA) is 29.1 Å². The maximum atomic E-state index is 11.9. The number of ketones is 1. The Balaban J connectivity index is 3.51. The van der Waals surface area contributed by atoms with E-state index in [2.05, 4.69) is 12.2 Å². The Bertz CT molecular complexity index is 199. The zero-order valence-electron chi connectivity index (χ0n) is 12.3. The lowest BCUT2D eigenvalue weighted by Crippen LogP contribution is -2.46. The largest absolute Gasteiger partial charge is 0.306 e. The fourth-order valence-electron chi connectivity index (χ4n) is 2.10. The van der Waals surface area contributed by atoms with Gasteiger partial charge in [-0.15, -0.1) is 0 Å². The summed E-state index contributed by atoms with van der Waals surface area (Å²) in [7, 11) is 0. The molecule has 0 heterocycles. The Labute approximate surface area is 108 Å². The van der Waals surface area contributed by atoms with E-state index in [-0.39, 0.29) is 5.54 Å². The summed E-state index contributed by atoms with van der Waals surface area (Å²) in [5, 5.41) is 3.24. The quantitative estimate of drug-likeness (QED) is 0.552.